The smallest absolute Gasteiger partial charge is 0.321 e. The van der Waals surface area contributed by atoms with Crippen LogP contribution >= 0.6 is 0 Å². The molecular formula is C14H21N3O. The van der Waals surface area contributed by atoms with E-state index in [1.165, 1.54) is 0 Å². The molecule has 3 N–H and O–H groups in total. The van der Waals surface area contributed by atoms with E-state index >= 15 is 0 Å². The summed E-state index contributed by atoms with van der Waals surface area (Å²) in [6.45, 7) is 5.88. The zero-order valence-electron chi connectivity index (χ0n) is 11.1. The number of amides is 2. The van der Waals surface area contributed by atoms with E-state index in [1.807, 2.05) is 24.0 Å². The van der Waals surface area contributed by atoms with Crippen molar-refractivity contribution in [1.82, 2.24) is 4.90 Å². The Bertz CT molecular complexity index is 437. The minimum Gasteiger partial charge on any atom is -0.399 e. The van der Waals surface area contributed by atoms with Crippen LogP contribution in [-0.4, -0.2) is 24.0 Å². The first-order chi connectivity index (χ1) is 8.56. The van der Waals surface area contributed by atoms with Gasteiger partial charge in [-0.05, 0) is 49.4 Å². The van der Waals surface area contributed by atoms with Crippen LogP contribution in [0, 0.1) is 12.8 Å². The van der Waals surface area contributed by atoms with E-state index in [4.69, 9.17) is 5.73 Å². The first kappa shape index (κ1) is 12.7. The fourth-order valence-corrected chi connectivity index (χ4v) is 2.23. The van der Waals surface area contributed by atoms with Crippen LogP contribution in [0.1, 0.15) is 25.3 Å². The molecule has 1 heterocycles. The Kier molecular flexibility index (Phi) is 3.75. The largest absolute Gasteiger partial charge is 0.399 e. The predicted octanol–water partition coefficient (Wildman–Crippen LogP) is 2.84. The second-order valence-corrected chi connectivity index (χ2v) is 5.17. The third-order valence-electron chi connectivity index (χ3n) is 3.56. The van der Waals surface area contributed by atoms with Gasteiger partial charge < -0.3 is 16.0 Å². The molecule has 98 valence electrons. The monoisotopic (exact) mass is 247 g/mol. The summed E-state index contributed by atoms with van der Waals surface area (Å²) in [6.07, 6.45) is 2.18. The highest BCUT2D eigenvalue weighted by molar-refractivity contribution is 5.90. The van der Waals surface area contributed by atoms with Gasteiger partial charge in [0.15, 0.2) is 0 Å². The number of carbonyl (C=O) groups is 1. The Morgan fingerprint density at radius 1 is 1.39 bits per heavy atom. The maximum absolute atomic E-state index is 12.1. The van der Waals surface area contributed by atoms with Crippen molar-refractivity contribution in [2.45, 2.75) is 26.7 Å². The number of nitrogens with two attached hydrogens (primary N) is 1. The maximum Gasteiger partial charge on any atom is 0.321 e. The number of nitrogens with one attached hydrogen (secondary N) is 1. The van der Waals surface area contributed by atoms with Crippen LogP contribution in [0.3, 0.4) is 0 Å². The number of nitrogen functional groups attached to an aromatic ring is 1. The maximum atomic E-state index is 12.1. The molecule has 0 aliphatic carbocycles. The van der Waals surface area contributed by atoms with Crippen LogP contribution < -0.4 is 11.1 Å². The number of aryl methyl sites for hydroxylation is 1. The van der Waals surface area contributed by atoms with E-state index in [0.29, 0.717) is 0 Å². The van der Waals surface area contributed by atoms with Crippen LogP contribution in [0.15, 0.2) is 18.2 Å². The Balaban J connectivity index is 1.98. The summed E-state index contributed by atoms with van der Waals surface area (Å²) in [5.74, 6) is 0.729. The number of anilines is 2. The molecule has 4 heteroatoms. The van der Waals surface area contributed by atoms with Gasteiger partial charge in [-0.25, -0.2) is 4.79 Å². The average Bonchev–Trinajstić information content (AvgIpc) is 2.33. The fourth-order valence-electron chi connectivity index (χ4n) is 2.23. The van der Waals surface area contributed by atoms with E-state index in [9.17, 15) is 4.79 Å². The van der Waals surface area contributed by atoms with Crippen molar-refractivity contribution < 1.29 is 4.79 Å². The van der Waals surface area contributed by atoms with Crippen LogP contribution in [0.2, 0.25) is 0 Å². The van der Waals surface area contributed by atoms with Crippen molar-refractivity contribution >= 4 is 17.4 Å². The summed E-state index contributed by atoms with van der Waals surface area (Å²) in [5, 5.41) is 2.95. The Morgan fingerprint density at radius 2 is 2.06 bits per heavy atom. The first-order valence-corrected chi connectivity index (χ1v) is 6.48. The summed E-state index contributed by atoms with van der Waals surface area (Å²) >= 11 is 0. The third-order valence-corrected chi connectivity index (χ3v) is 3.56. The van der Waals surface area contributed by atoms with Gasteiger partial charge in [-0.3, -0.25) is 0 Å². The van der Waals surface area contributed by atoms with Crippen molar-refractivity contribution in [2.24, 2.45) is 5.92 Å². The van der Waals surface area contributed by atoms with E-state index < -0.39 is 0 Å². The lowest BCUT2D eigenvalue weighted by Crippen LogP contribution is -2.40. The molecule has 0 atom stereocenters. The quantitative estimate of drug-likeness (QED) is 0.750. The summed E-state index contributed by atoms with van der Waals surface area (Å²) < 4.78 is 0. The second-order valence-electron chi connectivity index (χ2n) is 5.17. The standard InChI is InChI=1S/C14H21N3O/c1-10-5-7-17(8-6-10)14(18)16-13-4-3-12(15)9-11(13)2/h3-4,9-10H,5-8,15H2,1-2H3,(H,16,18). The molecular weight excluding hydrogens is 226 g/mol. The van der Waals surface area contributed by atoms with Crippen LogP contribution in [0.25, 0.3) is 0 Å². The number of hydrogen-bond donors (Lipinski definition) is 2. The van der Waals surface area contributed by atoms with Gasteiger partial charge >= 0.3 is 6.03 Å². The summed E-state index contributed by atoms with van der Waals surface area (Å²) in [5.41, 5.74) is 8.25. The molecule has 4 nitrogen and oxygen atoms in total. The molecule has 2 rings (SSSR count). The SMILES string of the molecule is Cc1cc(N)ccc1NC(=O)N1CCC(C)CC1. The zero-order valence-corrected chi connectivity index (χ0v) is 11.1. The van der Waals surface area contributed by atoms with Gasteiger partial charge in [-0.1, -0.05) is 6.92 Å². The number of hydrogen-bond acceptors (Lipinski definition) is 2. The van der Waals surface area contributed by atoms with Crippen LogP contribution in [0.5, 0.6) is 0 Å². The molecule has 2 amide bonds. The molecule has 0 saturated carbocycles. The van der Waals surface area contributed by atoms with Crippen molar-refractivity contribution in [1.29, 1.82) is 0 Å². The lowest BCUT2D eigenvalue weighted by atomic mass is 10.00. The molecule has 18 heavy (non-hydrogen) atoms. The van der Waals surface area contributed by atoms with Crippen molar-refractivity contribution in [2.75, 3.05) is 24.1 Å². The number of rotatable bonds is 1. The lowest BCUT2D eigenvalue weighted by molar-refractivity contribution is 0.186. The highest BCUT2D eigenvalue weighted by atomic mass is 16.2. The van der Waals surface area contributed by atoms with Crippen molar-refractivity contribution in [3.8, 4) is 0 Å². The van der Waals surface area contributed by atoms with E-state index in [0.717, 1.165) is 48.8 Å². The molecule has 0 unspecified atom stereocenters. The molecule has 1 saturated heterocycles. The number of urea groups is 1. The summed E-state index contributed by atoms with van der Waals surface area (Å²) in [4.78, 5) is 14.0. The number of carbonyl (C=O) groups excluding carboxylic acids is 1. The summed E-state index contributed by atoms with van der Waals surface area (Å²) in [7, 11) is 0. The fraction of sp³-hybridized carbons (Fsp3) is 0.500. The van der Waals surface area contributed by atoms with Gasteiger partial charge in [-0.2, -0.15) is 0 Å². The van der Waals surface area contributed by atoms with Gasteiger partial charge in [0.25, 0.3) is 0 Å². The summed E-state index contributed by atoms with van der Waals surface area (Å²) in [6, 6.07) is 5.53. The zero-order chi connectivity index (χ0) is 13.1. The highest BCUT2D eigenvalue weighted by Crippen LogP contribution is 2.20. The molecule has 1 aromatic rings. The van der Waals surface area contributed by atoms with E-state index in [-0.39, 0.29) is 6.03 Å². The predicted molar refractivity (Wildman–Crippen MR) is 74.6 cm³/mol. The minimum absolute atomic E-state index is 0.00484. The van der Waals surface area contributed by atoms with Gasteiger partial charge in [0.05, 0.1) is 0 Å². The molecule has 1 aromatic carbocycles. The van der Waals surface area contributed by atoms with Crippen LogP contribution in [-0.2, 0) is 0 Å². The second kappa shape index (κ2) is 5.29. The topological polar surface area (TPSA) is 58.4 Å². The molecule has 1 fully saturated rings. The molecule has 0 aromatic heterocycles. The van der Waals surface area contributed by atoms with Gasteiger partial charge in [0.1, 0.15) is 0 Å². The number of likely N-dealkylation sites (tertiary alicyclic amines) is 1. The molecule has 1 aliphatic heterocycles. The Hall–Kier alpha value is -1.71. The van der Waals surface area contributed by atoms with Crippen LogP contribution in [0.4, 0.5) is 16.2 Å². The molecule has 0 radical (unpaired) electrons. The molecule has 0 bridgehead atoms. The minimum atomic E-state index is -0.00484. The molecule has 0 spiro atoms. The highest BCUT2D eigenvalue weighted by Gasteiger charge is 2.20. The van der Waals surface area contributed by atoms with Gasteiger partial charge in [-0.15, -0.1) is 0 Å². The first-order valence-electron chi connectivity index (χ1n) is 6.48. The van der Waals surface area contributed by atoms with E-state index in [1.54, 1.807) is 6.07 Å². The number of nitrogens with zero attached hydrogens (tertiary/aromatic N) is 1. The number of piperidine rings is 1. The van der Waals surface area contributed by atoms with Gasteiger partial charge in [0, 0.05) is 24.5 Å². The van der Waals surface area contributed by atoms with Crippen molar-refractivity contribution in [3.63, 3.8) is 0 Å². The normalized spacial score (nSPS) is 16.7. The Morgan fingerprint density at radius 3 is 2.67 bits per heavy atom. The van der Waals surface area contributed by atoms with E-state index in [2.05, 4.69) is 12.2 Å². The average molecular weight is 247 g/mol. The molecule has 1 aliphatic rings. The van der Waals surface area contributed by atoms with Gasteiger partial charge in [0.2, 0.25) is 0 Å². The number of benzene rings is 1. The Labute approximate surface area is 108 Å². The third kappa shape index (κ3) is 2.94. The lowest BCUT2D eigenvalue weighted by Gasteiger charge is -2.30. The van der Waals surface area contributed by atoms with Crippen molar-refractivity contribution in [3.05, 3.63) is 23.8 Å².